The van der Waals surface area contributed by atoms with E-state index in [1.54, 1.807) is 0 Å². The summed E-state index contributed by atoms with van der Waals surface area (Å²) < 4.78 is 5.94. The average molecular weight is 259 g/mol. The van der Waals surface area contributed by atoms with E-state index in [4.69, 9.17) is 4.74 Å². The summed E-state index contributed by atoms with van der Waals surface area (Å²) in [4.78, 5) is 0. The molecule has 0 atom stereocenters. The molecule has 1 rings (SSSR count). The van der Waals surface area contributed by atoms with Crippen molar-refractivity contribution in [1.29, 1.82) is 0 Å². The van der Waals surface area contributed by atoms with Crippen LogP contribution in [0, 0.1) is 0 Å². The molecule has 0 aromatic heterocycles. The lowest BCUT2D eigenvalue weighted by Crippen LogP contribution is -2.35. The van der Waals surface area contributed by atoms with Gasteiger partial charge in [-0.15, -0.1) is 0 Å². The van der Waals surface area contributed by atoms with Crippen LogP contribution >= 0.6 is 11.8 Å². The van der Waals surface area contributed by atoms with Crippen molar-refractivity contribution in [3.63, 3.8) is 0 Å². The van der Waals surface area contributed by atoms with E-state index >= 15 is 0 Å². The highest BCUT2D eigenvalue weighted by Crippen LogP contribution is 2.21. The number of thioether (sulfide) groups is 1. The molecule has 0 aromatic carbocycles. The first-order valence-electron chi connectivity index (χ1n) is 7.29. The van der Waals surface area contributed by atoms with E-state index < -0.39 is 0 Å². The smallest absolute Gasteiger partial charge is 0.0576 e. The molecule has 0 spiro atoms. The number of nitrogens with one attached hydrogen (secondary N) is 1. The summed E-state index contributed by atoms with van der Waals surface area (Å²) in [5, 5.41) is 3.62. The SMILES string of the molecule is CCCNC1CCC(OCCCSCC)CC1. The van der Waals surface area contributed by atoms with Crippen LogP contribution in [-0.4, -0.2) is 36.8 Å². The van der Waals surface area contributed by atoms with E-state index in [-0.39, 0.29) is 0 Å². The van der Waals surface area contributed by atoms with Crippen LogP contribution in [0.5, 0.6) is 0 Å². The van der Waals surface area contributed by atoms with Gasteiger partial charge in [0.05, 0.1) is 6.10 Å². The zero-order valence-electron chi connectivity index (χ0n) is 11.5. The normalized spacial score (nSPS) is 25.1. The first-order valence-corrected chi connectivity index (χ1v) is 8.45. The minimum absolute atomic E-state index is 0.543. The molecule has 1 N–H and O–H groups in total. The third-order valence-corrected chi connectivity index (χ3v) is 4.33. The second-order valence-corrected chi connectivity index (χ2v) is 6.24. The maximum absolute atomic E-state index is 5.94. The van der Waals surface area contributed by atoms with Crippen molar-refractivity contribution >= 4 is 11.8 Å². The summed E-state index contributed by atoms with van der Waals surface area (Å²) in [6.07, 6.45) is 8.10. The molecular formula is C14H29NOS. The molecule has 102 valence electrons. The van der Waals surface area contributed by atoms with Gasteiger partial charge in [-0.2, -0.15) is 11.8 Å². The molecule has 3 heteroatoms. The fourth-order valence-corrected chi connectivity index (χ4v) is 2.95. The van der Waals surface area contributed by atoms with Crippen molar-refractivity contribution in [2.24, 2.45) is 0 Å². The Morgan fingerprint density at radius 1 is 1.18 bits per heavy atom. The Hall–Kier alpha value is 0.270. The Kier molecular flexibility index (Phi) is 9.21. The van der Waals surface area contributed by atoms with Gasteiger partial charge in [0.2, 0.25) is 0 Å². The van der Waals surface area contributed by atoms with Crippen LogP contribution in [0.25, 0.3) is 0 Å². The highest BCUT2D eigenvalue weighted by Gasteiger charge is 2.20. The molecule has 1 aliphatic carbocycles. The predicted octanol–water partition coefficient (Wildman–Crippen LogP) is 3.46. The second-order valence-electron chi connectivity index (χ2n) is 4.85. The summed E-state index contributed by atoms with van der Waals surface area (Å²) >= 11 is 2.01. The van der Waals surface area contributed by atoms with Crippen LogP contribution in [0.2, 0.25) is 0 Å². The lowest BCUT2D eigenvalue weighted by molar-refractivity contribution is 0.0233. The van der Waals surface area contributed by atoms with E-state index in [2.05, 4.69) is 19.2 Å². The Morgan fingerprint density at radius 2 is 1.94 bits per heavy atom. The van der Waals surface area contributed by atoms with Gasteiger partial charge in [0.15, 0.2) is 0 Å². The third-order valence-electron chi connectivity index (χ3n) is 3.35. The zero-order chi connectivity index (χ0) is 12.3. The minimum atomic E-state index is 0.543. The van der Waals surface area contributed by atoms with Gasteiger partial charge < -0.3 is 10.1 Å². The van der Waals surface area contributed by atoms with Crippen LogP contribution in [0.4, 0.5) is 0 Å². The van der Waals surface area contributed by atoms with E-state index in [0.29, 0.717) is 6.10 Å². The van der Waals surface area contributed by atoms with E-state index in [0.717, 1.165) is 12.6 Å². The van der Waals surface area contributed by atoms with E-state index in [1.807, 2.05) is 11.8 Å². The fourth-order valence-electron chi connectivity index (χ4n) is 2.34. The van der Waals surface area contributed by atoms with Crippen LogP contribution in [0.1, 0.15) is 52.4 Å². The van der Waals surface area contributed by atoms with Crippen LogP contribution in [-0.2, 0) is 4.74 Å². The monoisotopic (exact) mass is 259 g/mol. The van der Waals surface area contributed by atoms with Crippen LogP contribution < -0.4 is 5.32 Å². The lowest BCUT2D eigenvalue weighted by atomic mass is 9.93. The third kappa shape index (κ3) is 7.32. The van der Waals surface area contributed by atoms with Crippen molar-refractivity contribution < 1.29 is 4.74 Å². The predicted molar refractivity (Wildman–Crippen MR) is 77.9 cm³/mol. The average Bonchev–Trinajstić information content (AvgIpc) is 2.37. The summed E-state index contributed by atoms with van der Waals surface area (Å²) in [7, 11) is 0. The van der Waals surface area contributed by atoms with Crippen LogP contribution in [0.3, 0.4) is 0 Å². The first kappa shape index (κ1) is 15.3. The standard InChI is InChI=1S/C14H29NOS/c1-3-10-15-13-6-8-14(9-7-13)16-11-5-12-17-4-2/h13-15H,3-12H2,1-2H3. The van der Waals surface area contributed by atoms with Crippen molar-refractivity contribution in [2.45, 2.75) is 64.5 Å². The molecule has 0 amide bonds. The minimum Gasteiger partial charge on any atom is -0.378 e. The molecule has 0 saturated heterocycles. The van der Waals surface area contributed by atoms with Gasteiger partial charge in [-0.05, 0) is 56.6 Å². The molecule has 0 unspecified atom stereocenters. The maximum atomic E-state index is 5.94. The molecule has 0 bridgehead atoms. The largest absolute Gasteiger partial charge is 0.378 e. The zero-order valence-corrected chi connectivity index (χ0v) is 12.4. The van der Waals surface area contributed by atoms with Crippen molar-refractivity contribution in [1.82, 2.24) is 5.32 Å². The Morgan fingerprint density at radius 3 is 2.59 bits per heavy atom. The van der Waals surface area contributed by atoms with Crippen LogP contribution in [0.15, 0.2) is 0 Å². The molecule has 1 fully saturated rings. The molecule has 2 nitrogen and oxygen atoms in total. The Balaban J connectivity index is 1.95. The molecule has 0 aliphatic heterocycles. The van der Waals surface area contributed by atoms with Crippen molar-refractivity contribution in [3.05, 3.63) is 0 Å². The molecule has 0 heterocycles. The maximum Gasteiger partial charge on any atom is 0.0576 e. The van der Waals surface area contributed by atoms with Crippen molar-refractivity contribution in [3.8, 4) is 0 Å². The first-order chi connectivity index (χ1) is 8.36. The van der Waals surface area contributed by atoms with E-state index in [9.17, 15) is 0 Å². The van der Waals surface area contributed by atoms with Gasteiger partial charge in [-0.25, -0.2) is 0 Å². The lowest BCUT2D eigenvalue weighted by Gasteiger charge is -2.29. The van der Waals surface area contributed by atoms with Crippen molar-refractivity contribution in [2.75, 3.05) is 24.7 Å². The van der Waals surface area contributed by atoms with E-state index in [1.165, 1.54) is 56.6 Å². The second kappa shape index (κ2) is 10.2. The number of rotatable bonds is 9. The Labute approximate surface area is 111 Å². The van der Waals surface area contributed by atoms with Gasteiger partial charge in [-0.1, -0.05) is 13.8 Å². The van der Waals surface area contributed by atoms with Gasteiger partial charge in [0.1, 0.15) is 0 Å². The summed E-state index contributed by atoms with van der Waals surface area (Å²) in [6, 6.07) is 0.755. The molecule has 0 aromatic rings. The highest BCUT2D eigenvalue weighted by molar-refractivity contribution is 7.99. The number of ether oxygens (including phenoxy) is 1. The molecule has 17 heavy (non-hydrogen) atoms. The molecule has 1 aliphatic rings. The Bertz CT molecular complexity index is 167. The quantitative estimate of drug-likeness (QED) is 0.641. The fraction of sp³-hybridized carbons (Fsp3) is 1.00. The number of hydrogen-bond donors (Lipinski definition) is 1. The van der Waals surface area contributed by atoms with Gasteiger partial charge >= 0.3 is 0 Å². The van der Waals surface area contributed by atoms with Gasteiger partial charge in [-0.3, -0.25) is 0 Å². The summed E-state index contributed by atoms with van der Waals surface area (Å²) in [6.45, 7) is 6.58. The highest BCUT2D eigenvalue weighted by atomic mass is 32.2. The molecule has 0 radical (unpaired) electrons. The van der Waals surface area contributed by atoms with Gasteiger partial charge in [0, 0.05) is 12.6 Å². The topological polar surface area (TPSA) is 21.3 Å². The molecular weight excluding hydrogens is 230 g/mol. The number of hydrogen-bond acceptors (Lipinski definition) is 3. The summed E-state index contributed by atoms with van der Waals surface area (Å²) in [5.41, 5.74) is 0. The van der Waals surface area contributed by atoms with Gasteiger partial charge in [0.25, 0.3) is 0 Å². The summed E-state index contributed by atoms with van der Waals surface area (Å²) in [5.74, 6) is 2.48. The molecule has 1 saturated carbocycles.